The van der Waals surface area contributed by atoms with Crippen LogP contribution in [0.5, 0.6) is 0 Å². The molecule has 0 aliphatic heterocycles. The molecule has 0 unspecified atom stereocenters. The molecule has 0 aliphatic rings. The number of nitrogens with one attached hydrogen (secondary N) is 2. The maximum atomic E-state index is 7.05. The van der Waals surface area contributed by atoms with Gasteiger partial charge in [-0.05, 0) is 48.0 Å². The summed E-state index contributed by atoms with van der Waals surface area (Å²) in [5, 5.41) is 7.17. The van der Waals surface area contributed by atoms with Crippen LogP contribution in [-0.2, 0) is 0 Å². The quantitative estimate of drug-likeness (QED) is 0.217. The van der Waals surface area contributed by atoms with Crippen LogP contribution in [0.1, 0.15) is 0 Å². The second-order valence-electron chi connectivity index (χ2n) is 11.0. The second-order valence-corrected chi connectivity index (χ2v) is 11.4. The van der Waals surface area contributed by atoms with Gasteiger partial charge in [-0.15, -0.1) is 9.13 Å². The van der Waals surface area contributed by atoms with Crippen molar-refractivity contribution in [3.8, 4) is 22.5 Å². The molecule has 0 spiro atoms. The van der Waals surface area contributed by atoms with Crippen molar-refractivity contribution in [3.63, 3.8) is 0 Å². The summed E-state index contributed by atoms with van der Waals surface area (Å²) in [5.74, 6) is 0. The minimum absolute atomic E-state index is 0. The fourth-order valence-corrected chi connectivity index (χ4v) is 6.41. The largest absolute Gasteiger partial charge is 1.00 e. The first-order chi connectivity index (χ1) is 22.1. The second kappa shape index (κ2) is 13.0. The monoisotopic (exact) mass is 674 g/mol. The first-order valence-electron chi connectivity index (χ1n) is 14.9. The summed E-state index contributed by atoms with van der Waals surface area (Å²) < 4.78 is 4.52. The lowest BCUT2D eigenvalue weighted by molar-refractivity contribution is -0.538. The Bertz CT molecular complexity index is 2420. The number of nitrogens with zero attached hydrogens (tertiary/aromatic N) is 4. The van der Waals surface area contributed by atoms with Crippen LogP contribution in [0.25, 0.3) is 66.6 Å². The van der Waals surface area contributed by atoms with E-state index in [1.165, 1.54) is 0 Å². The molecular formula is C38H29Cl3N6. The number of rotatable bonds is 5. The summed E-state index contributed by atoms with van der Waals surface area (Å²) in [6, 6.07) is 43.8. The summed E-state index contributed by atoms with van der Waals surface area (Å²) >= 11 is 7.05. The van der Waals surface area contributed by atoms with Gasteiger partial charge in [0.1, 0.15) is 22.1 Å². The van der Waals surface area contributed by atoms with Gasteiger partial charge < -0.3 is 35.4 Å². The molecule has 0 atom stereocenters. The zero-order valence-electron chi connectivity index (χ0n) is 25.5. The van der Waals surface area contributed by atoms with Gasteiger partial charge in [0.25, 0.3) is 0 Å². The number of halogens is 3. The highest BCUT2D eigenvalue weighted by Crippen LogP contribution is 2.34. The maximum absolute atomic E-state index is 7.05. The van der Waals surface area contributed by atoms with E-state index in [0.717, 1.165) is 78.0 Å². The Balaban J connectivity index is 0.00000193. The van der Waals surface area contributed by atoms with E-state index in [2.05, 4.69) is 117 Å². The molecule has 47 heavy (non-hydrogen) atoms. The fourth-order valence-electron chi connectivity index (χ4n) is 6.15. The highest BCUT2D eigenvalue weighted by atomic mass is 35.5. The van der Waals surface area contributed by atoms with Gasteiger partial charge in [-0.25, -0.2) is 9.97 Å². The standard InChI is InChI=1S/C38H27ClN6.2ClH/c1-40-25-14-16-31-36(20-25)44(27-9-5-3-6-10-27)35-18-13-24(19-33(35)42-31)29-22-38-34(23-30(29)39)43-32-17-15-26(41-2)21-37(32)45(38)28-11-7-4-8-12-28;;/h3-23H,1-2H3;2*1H. The number of aromatic nitrogens is 4. The first-order valence-corrected chi connectivity index (χ1v) is 15.2. The van der Waals surface area contributed by atoms with Gasteiger partial charge in [0.05, 0.1) is 5.02 Å². The van der Waals surface area contributed by atoms with Crippen LogP contribution in [0.3, 0.4) is 0 Å². The zero-order valence-corrected chi connectivity index (χ0v) is 27.8. The highest BCUT2D eigenvalue weighted by Gasteiger charge is 2.24. The number of benzene rings is 6. The van der Waals surface area contributed by atoms with Gasteiger partial charge in [-0.3, -0.25) is 0 Å². The molecule has 0 aliphatic carbocycles. The van der Waals surface area contributed by atoms with Crippen molar-refractivity contribution in [1.29, 1.82) is 0 Å². The average molecular weight is 676 g/mol. The SMILES string of the molecule is CNc1ccc2nc3cc(-c4cc5c(cc4Cl)nc4ccc(NC)cc4[n+]5-c4ccccc4)ccc3[n+](-c3ccccc3)c2c1.[Cl-].[Cl-]. The van der Waals surface area contributed by atoms with Crippen LogP contribution in [0, 0.1) is 0 Å². The molecular weight excluding hydrogens is 647 g/mol. The van der Waals surface area contributed by atoms with Crippen molar-refractivity contribution in [3.05, 3.63) is 132 Å². The Morgan fingerprint density at radius 3 is 1.51 bits per heavy atom. The number of para-hydroxylation sites is 2. The summed E-state index contributed by atoms with van der Waals surface area (Å²) in [4.78, 5) is 10.2. The van der Waals surface area contributed by atoms with Crippen LogP contribution in [0.2, 0.25) is 5.02 Å². The molecule has 6 nitrogen and oxygen atoms in total. The number of hydrogen-bond acceptors (Lipinski definition) is 4. The summed E-state index contributed by atoms with van der Waals surface area (Å²) in [5.41, 5.74) is 13.6. The molecule has 0 saturated carbocycles. The summed E-state index contributed by atoms with van der Waals surface area (Å²) in [7, 11) is 3.86. The molecule has 9 heteroatoms. The molecule has 0 amide bonds. The van der Waals surface area contributed by atoms with E-state index < -0.39 is 0 Å². The van der Waals surface area contributed by atoms with Gasteiger partial charge >= 0.3 is 0 Å². The van der Waals surface area contributed by atoms with Crippen molar-refractivity contribution >= 4 is 67.1 Å². The maximum Gasteiger partial charge on any atom is 0.239 e. The van der Waals surface area contributed by atoms with Gasteiger partial charge in [-0.2, -0.15) is 0 Å². The van der Waals surface area contributed by atoms with Crippen molar-refractivity contribution in [2.45, 2.75) is 0 Å². The molecule has 232 valence electrons. The zero-order chi connectivity index (χ0) is 30.5. The third-order valence-corrected chi connectivity index (χ3v) is 8.67. The van der Waals surface area contributed by atoms with E-state index in [-0.39, 0.29) is 24.8 Å². The molecule has 8 aromatic rings. The van der Waals surface area contributed by atoms with Crippen LogP contribution < -0.4 is 44.6 Å². The smallest absolute Gasteiger partial charge is 0.239 e. The van der Waals surface area contributed by atoms with Crippen LogP contribution in [0.15, 0.2) is 127 Å². The Morgan fingerprint density at radius 1 is 0.489 bits per heavy atom. The Kier molecular flexibility index (Phi) is 8.84. The van der Waals surface area contributed by atoms with Crippen molar-refractivity contribution in [2.75, 3.05) is 24.7 Å². The van der Waals surface area contributed by atoms with Gasteiger partial charge in [0.15, 0.2) is 0 Å². The van der Waals surface area contributed by atoms with Gasteiger partial charge in [-0.1, -0.05) is 48.0 Å². The first kappa shape index (κ1) is 32.0. The molecule has 6 aromatic carbocycles. The molecule has 8 rings (SSSR count). The van der Waals surface area contributed by atoms with E-state index in [0.29, 0.717) is 5.02 Å². The molecule has 0 bridgehead atoms. The predicted molar refractivity (Wildman–Crippen MR) is 185 cm³/mol. The predicted octanol–water partition coefficient (Wildman–Crippen LogP) is 2.05. The minimum Gasteiger partial charge on any atom is -1.00 e. The van der Waals surface area contributed by atoms with E-state index in [4.69, 9.17) is 21.6 Å². The summed E-state index contributed by atoms with van der Waals surface area (Å²) in [6.45, 7) is 0. The third-order valence-electron chi connectivity index (χ3n) is 8.35. The fraction of sp³-hybridized carbons (Fsp3) is 0.0526. The molecule has 2 aromatic heterocycles. The molecule has 0 radical (unpaired) electrons. The van der Waals surface area contributed by atoms with Crippen LogP contribution in [-0.4, -0.2) is 24.1 Å². The van der Waals surface area contributed by atoms with E-state index in [9.17, 15) is 0 Å². The lowest BCUT2D eigenvalue weighted by Gasteiger charge is -2.11. The minimum atomic E-state index is 0. The van der Waals surface area contributed by atoms with E-state index >= 15 is 0 Å². The van der Waals surface area contributed by atoms with E-state index in [1.54, 1.807) is 0 Å². The van der Waals surface area contributed by atoms with Gasteiger partial charge in [0, 0.05) is 79.6 Å². The van der Waals surface area contributed by atoms with Crippen molar-refractivity contribution < 1.29 is 33.9 Å². The topological polar surface area (TPSA) is 57.6 Å². The average Bonchev–Trinajstić information content (AvgIpc) is 3.09. The molecule has 2 heterocycles. The lowest BCUT2D eigenvalue weighted by Crippen LogP contribution is -3.00. The normalized spacial score (nSPS) is 11.0. The number of hydrogen-bond donors (Lipinski definition) is 2. The summed E-state index contributed by atoms with van der Waals surface area (Å²) in [6.07, 6.45) is 0. The highest BCUT2D eigenvalue weighted by molar-refractivity contribution is 6.34. The Labute approximate surface area is 289 Å². The number of anilines is 2. The van der Waals surface area contributed by atoms with Crippen LogP contribution in [0.4, 0.5) is 11.4 Å². The molecule has 0 saturated heterocycles. The molecule has 2 N–H and O–H groups in total. The third kappa shape index (κ3) is 5.55. The lowest BCUT2D eigenvalue weighted by atomic mass is 10.0. The molecule has 0 fully saturated rings. The van der Waals surface area contributed by atoms with Crippen molar-refractivity contribution in [2.24, 2.45) is 0 Å². The van der Waals surface area contributed by atoms with Crippen LogP contribution >= 0.6 is 11.6 Å². The van der Waals surface area contributed by atoms with Crippen molar-refractivity contribution in [1.82, 2.24) is 9.97 Å². The Morgan fingerprint density at radius 2 is 0.979 bits per heavy atom. The Hall–Kier alpha value is -5.01. The number of fused-ring (bicyclic) bond motifs is 4. The van der Waals surface area contributed by atoms with Gasteiger partial charge in [0.2, 0.25) is 33.4 Å². The van der Waals surface area contributed by atoms with E-state index in [1.807, 2.05) is 44.4 Å².